The van der Waals surface area contributed by atoms with Crippen LogP contribution in [0.15, 0.2) is 0 Å². The number of nitrogens with one attached hydrogen (secondary N) is 1. The van der Waals surface area contributed by atoms with Crippen LogP contribution < -0.4 is 5.32 Å². The van der Waals surface area contributed by atoms with E-state index in [-0.39, 0.29) is 36.1 Å². The van der Waals surface area contributed by atoms with Crippen molar-refractivity contribution in [1.29, 1.82) is 0 Å². The smallest absolute Gasteiger partial charge is 0.245 e. The molecule has 0 aromatic carbocycles. The summed E-state index contributed by atoms with van der Waals surface area (Å²) < 4.78 is 5.74. The molecule has 0 bridgehead atoms. The van der Waals surface area contributed by atoms with Crippen molar-refractivity contribution >= 4 is 11.8 Å². The molecule has 0 aromatic heterocycles. The molecule has 102 valence electrons. The Balaban J connectivity index is 2.03. The molecule has 5 heteroatoms. The van der Waals surface area contributed by atoms with Crippen molar-refractivity contribution in [3.8, 4) is 0 Å². The molecule has 0 aliphatic carbocycles. The number of carbonyl (C=O) groups excluding carboxylic acids is 2. The third-order valence-electron chi connectivity index (χ3n) is 3.87. The van der Waals surface area contributed by atoms with Gasteiger partial charge in [0.25, 0.3) is 0 Å². The molecule has 2 saturated heterocycles. The zero-order chi connectivity index (χ0) is 13.3. The van der Waals surface area contributed by atoms with Crippen LogP contribution in [0.1, 0.15) is 40.0 Å². The summed E-state index contributed by atoms with van der Waals surface area (Å²) in [4.78, 5) is 25.7. The molecule has 2 aliphatic rings. The van der Waals surface area contributed by atoms with Crippen LogP contribution in [-0.2, 0) is 14.3 Å². The number of piperazine rings is 1. The van der Waals surface area contributed by atoms with E-state index in [1.54, 1.807) is 11.8 Å². The second-order valence-electron chi connectivity index (χ2n) is 5.28. The Morgan fingerprint density at radius 1 is 1.33 bits per heavy atom. The molecule has 0 spiro atoms. The van der Waals surface area contributed by atoms with Crippen molar-refractivity contribution in [2.24, 2.45) is 0 Å². The molecule has 0 radical (unpaired) electrons. The lowest BCUT2D eigenvalue weighted by molar-refractivity contribution is -0.150. The van der Waals surface area contributed by atoms with E-state index in [2.05, 4.69) is 5.32 Å². The third kappa shape index (κ3) is 2.51. The van der Waals surface area contributed by atoms with Crippen molar-refractivity contribution in [2.45, 2.75) is 64.3 Å². The van der Waals surface area contributed by atoms with Gasteiger partial charge in [0.05, 0.1) is 12.2 Å². The van der Waals surface area contributed by atoms with Crippen molar-refractivity contribution in [3.05, 3.63) is 0 Å². The molecule has 5 nitrogen and oxygen atoms in total. The summed E-state index contributed by atoms with van der Waals surface area (Å²) in [5.41, 5.74) is 0. The summed E-state index contributed by atoms with van der Waals surface area (Å²) in [5.74, 6) is -0.0414. The zero-order valence-electron chi connectivity index (χ0n) is 11.3. The molecular weight excluding hydrogens is 232 g/mol. The Hall–Kier alpha value is -1.10. The summed E-state index contributed by atoms with van der Waals surface area (Å²) in [6.45, 7) is 6.26. The lowest BCUT2D eigenvalue weighted by Gasteiger charge is -2.38. The fraction of sp³-hybridized carbons (Fsp3) is 0.846. The van der Waals surface area contributed by atoms with Crippen LogP contribution in [0.2, 0.25) is 0 Å². The summed E-state index contributed by atoms with van der Waals surface area (Å²) in [5, 5.41) is 2.76. The van der Waals surface area contributed by atoms with Gasteiger partial charge in [0.2, 0.25) is 11.8 Å². The van der Waals surface area contributed by atoms with Gasteiger partial charge >= 0.3 is 0 Å². The van der Waals surface area contributed by atoms with Crippen LogP contribution in [0.3, 0.4) is 0 Å². The van der Waals surface area contributed by atoms with Gasteiger partial charge in [0.15, 0.2) is 0 Å². The topological polar surface area (TPSA) is 58.6 Å². The average Bonchev–Trinajstić information content (AvgIpc) is 2.75. The van der Waals surface area contributed by atoms with E-state index >= 15 is 0 Å². The molecule has 4 atom stereocenters. The molecule has 2 fully saturated rings. The highest BCUT2D eigenvalue weighted by molar-refractivity contribution is 5.96. The van der Waals surface area contributed by atoms with Crippen LogP contribution in [-0.4, -0.2) is 47.6 Å². The summed E-state index contributed by atoms with van der Waals surface area (Å²) in [6, 6.07) is -0.757. The fourth-order valence-corrected chi connectivity index (χ4v) is 2.65. The van der Waals surface area contributed by atoms with Gasteiger partial charge in [-0.15, -0.1) is 0 Å². The molecule has 2 heterocycles. The Kier molecular flexibility index (Phi) is 3.90. The van der Waals surface area contributed by atoms with E-state index in [1.165, 1.54) is 0 Å². The van der Waals surface area contributed by atoms with Gasteiger partial charge < -0.3 is 15.0 Å². The zero-order valence-corrected chi connectivity index (χ0v) is 11.3. The largest absolute Gasteiger partial charge is 0.373 e. The second-order valence-corrected chi connectivity index (χ2v) is 5.28. The molecule has 1 N–H and O–H groups in total. The Labute approximate surface area is 108 Å². The SMILES string of the molecule is CCC1NC(=O)C(C)N(CC2CCC(C)O2)C1=O. The van der Waals surface area contributed by atoms with Crippen LogP contribution in [0.4, 0.5) is 0 Å². The number of hydrogen-bond donors (Lipinski definition) is 1. The molecule has 2 rings (SSSR count). The maximum Gasteiger partial charge on any atom is 0.245 e. The predicted molar refractivity (Wildman–Crippen MR) is 67.0 cm³/mol. The van der Waals surface area contributed by atoms with Crippen molar-refractivity contribution < 1.29 is 14.3 Å². The van der Waals surface area contributed by atoms with Gasteiger partial charge in [0.1, 0.15) is 12.1 Å². The van der Waals surface area contributed by atoms with E-state index in [4.69, 9.17) is 4.74 Å². The minimum Gasteiger partial charge on any atom is -0.373 e. The highest BCUT2D eigenvalue weighted by Crippen LogP contribution is 2.22. The highest BCUT2D eigenvalue weighted by Gasteiger charge is 2.39. The van der Waals surface area contributed by atoms with Gasteiger partial charge in [-0.25, -0.2) is 0 Å². The molecule has 18 heavy (non-hydrogen) atoms. The molecule has 4 unspecified atom stereocenters. The Bertz CT molecular complexity index is 345. The molecule has 0 saturated carbocycles. The van der Waals surface area contributed by atoms with E-state index in [1.807, 2.05) is 13.8 Å². The third-order valence-corrected chi connectivity index (χ3v) is 3.87. The first kappa shape index (κ1) is 13.3. The molecule has 2 amide bonds. The first-order chi connectivity index (χ1) is 8.52. The number of nitrogens with zero attached hydrogens (tertiary/aromatic N) is 1. The number of rotatable bonds is 3. The Morgan fingerprint density at radius 3 is 2.61 bits per heavy atom. The normalized spacial score (nSPS) is 36.9. The average molecular weight is 254 g/mol. The number of carbonyl (C=O) groups is 2. The minimum atomic E-state index is -0.389. The van der Waals surface area contributed by atoms with Crippen molar-refractivity contribution in [2.75, 3.05) is 6.54 Å². The van der Waals surface area contributed by atoms with Crippen molar-refractivity contribution in [3.63, 3.8) is 0 Å². The molecule has 0 aromatic rings. The van der Waals surface area contributed by atoms with Crippen molar-refractivity contribution in [1.82, 2.24) is 10.2 Å². The van der Waals surface area contributed by atoms with Crippen LogP contribution in [0, 0.1) is 0 Å². The van der Waals surface area contributed by atoms with Crippen LogP contribution in [0.5, 0.6) is 0 Å². The standard InChI is InChI=1S/C13H22N2O3/c1-4-11-13(17)15(9(3)12(16)14-11)7-10-6-5-8(2)18-10/h8-11H,4-7H2,1-3H3,(H,14,16). The van der Waals surface area contributed by atoms with E-state index in [0.29, 0.717) is 13.0 Å². The molecule has 2 aliphatic heterocycles. The lowest BCUT2D eigenvalue weighted by Crippen LogP contribution is -2.63. The first-order valence-electron chi connectivity index (χ1n) is 6.79. The number of ether oxygens (including phenoxy) is 1. The summed E-state index contributed by atoms with van der Waals surface area (Å²) in [6.07, 6.45) is 2.98. The van der Waals surface area contributed by atoms with Crippen LogP contribution >= 0.6 is 0 Å². The van der Waals surface area contributed by atoms with E-state index < -0.39 is 0 Å². The van der Waals surface area contributed by atoms with E-state index in [0.717, 1.165) is 12.8 Å². The predicted octanol–water partition coefficient (Wildman–Crippen LogP) is 0.679. The summed E-state index contributed by atoms with van der Waals surface area (Å²) in [7, 11) is 0. The lowest BCUT2D eigenvalue weighted by atomic mass is 10.1. The Morgan fingerprint density at radius 2 is 2.06 bits per heavy atom. The quantitative estimate of drug-likeness (QED) is 0.805. The fourth-order valence-electron chi connectivity index (χ4n) is 2.65. The minimum absolute atomic E-state index is 0.0211. The first-order valence-corrected chi connectivity index (χ1v) is 6.79. The molecular formula is C13H22N2O3. The monoisotopic (exact) mass is 254 g/mol. The maximum atomic E-state index is 12.2. The van der Waals surface area contributed by atoms with E-state index in [9.17, 15) is 9.59 Å². The van der Waals surface area contributed by atoms with Gasteiger partial charge in [-0.1, -0.05) is 6.92 Å². The maximum absolute atomic E-state index is 12.2. The van der Waals surface area contributed by atoms with Gasteiger partial charge in [0, 0.05) is 6.54 Å². The van der Waals surface area contributed by atoms with Gasteiger partial charge in [-0.2, -0.15) is 0 Å². The number of hydrogen-bond acceptors (Lipinski definition) is 3. The number of amides is 2. The highest BCUT2D eigenvalue weighted by atomic mass is 16.5. The van der Waals surface area contributed by atoms with Gasteiger partial charge in [-0.05, 0) is 33.1 Å². The van der Waals surface area contributed by atoms with Gasteiger partial charge in [-0.3, -0.25) is 9.59 Å². The van der Waals surface area contributed by atoms with Crippen LogP contribution in [0.25, 0.3) is 0 Å². The second kappa shape index (κ2) is 5.26. The summed E-state index contributed by atoms with van der Waals surface area (Å²) >= 11 is 0.